The number of hydrogen-bond acceptors (Lipinski definition) is 3. The van der Waals surface area contributed by atoms with E-state index >= 15 is 0 Å². The molecular weight excluding hydrogens is 262 g/mol. The lowest BCUT2D eigenvalue weighted by Gasteiger charge is -2.22. The Bertz CT molecular complexity index is 467. The topological polar surface area (TPSA) is 44.4 Å². The first kappa shape index (κ1) is 15.8. The Kier molecular flexibility index (Phi) is 5.62. The van der Waals surface area contributed by atoms with E-state index in [4.69, 9.17) is 0 Å². The summed E-state index contributed by atoms with van der Waals surface area (Å²) in [6, 6.07) is 8.17. The first-order valence-electron chi connectivity index (χ1n) is 7.95. The minimum atomic E-state index is 0.00504. The highest BCUT2D eigenvalue weighted by Gasteiger charge is 2.18. The molecule has 4 heteroatoms. The second-order valence-electron chi connectivity index (χ2n) is 6.23. The molecule has 1 fully saturated rings. The van der Waals surface area contributed by atoms with Crippen LogP contribution in [0.3, 0.4) is 0 Å². The summed E-state index contributed by atoms with van der Waals surface area (Å²) in [6.07, 6.45) is 2.56. The van der Waals surface area contributed by atoms with Crippen molar-refractivity contribution in [3.8, 4) is 0 Å². The summed E-state index contributed by atoms with van der Waals surface area (Å²) in [7, 11) is 0. The summed E-state index contributed by atoms with van der Waals surface area (Å²) < 4.78 is 0. The van der Waals surface area contributed by atoms with Crippen LogP contribution in [0.2, 0.25) is 0 Å². The van der Waals surface area contributed by atoms with Gasteiger partial charge in [0, 0.05) is 24.3 Å². The van der Waals surface area contributed by atoms with Gasteiger partial charge in [0.05, 0.1) is 5.56 Å². The average molecular weight is 289 g/mol. The van der Waals surface area contributed by atoms with Crippen LogP contribution < -0.4 is 10.6 Å². The molecule has 0 aliphatic carbocycles. The Morgan fingerprint density at radius 2 is 1.86 bits per heavy atom. The number of benzene rings is 1. The van der Waals surface area contributed by atoms with E-state index in [1.54, 1.807) is 0 Å². The summed E-state index contributed by atoms with van der Waals surface area (Å²) in [5.74, 6) is 0.00504. The third-order valence-corrected chi connectivity index (χ3v) is 3.72. The van der Waals surface area contributed by atoms with Crippen LogP contribution in [0.15, 0.2) is 24.3 Å². The predicted molar refractivity (Wildman–Crippen MR) is 87.8 cm³/mol. The molecule has 0 aromatic heterocycles. The molecule has 0 radical (unpaired) electrons. The maximum Gasteiger partial charge on any atom is 0.253 e. The van der Waals surface area contributed by atoms with Crippen molar-refractivity contribution in [3.63, 3.8) is 0 Å². The Morgan fingerprint density at radius 3 is 2.52 bits per heavy atom. The minimum absolute atomic E-state index is 0.00504. The van der Waals surface area contributed by atoms with Gasteiger partial charge in [-0.1, -0.05) is 12.1 Å². The van der Waals surface area contributed by atoms with E-state index in [0.29, 0.717) is 6.04 Å². The van der Waals surface area contributed by atoms with Crippen LogP contribution in [0, 0.1) is 0 Å². The fourth-order valence-corrected chi connectivity index (χ4v) is 2.82. The fourth-order valence-electron chi connectivity index (χ4n) is 2.82. The number of carbonyl (C=O) groups is 1. The van der Waals surface area contributed by atoms with E-state index in [1.165, 1.54) is 12.8 Å². The van der Waals surface area contributed by atoms with E-state index in [-0.39, 0.29) is 11.9 Å². The molecule has 1 amide bonds. The fraction of sp³-hybridized carbons (Fsp3) is 0.588. The molecule has 1 aliphatic rings. The lowest BCUT2D eigenvalue weighted by Crippen LogP contribution is -2.41. The average Bonchev–Trinajstić information content (AvgIpc) is 2.91. The molecule has 4 nitrogen and oxygen atoms in total. The van der Waals surface area contributed by atoms with Crippen LogP contribution in [-0.4, -0.2) is 42.5 Å². The summed E-state index contributed by atoms with van der Waals surface area (Å²) >= 11 is 0. The van der Waals surface area contributed by atoms with Gasteiger partial charge in [0.2, 0.25) is 0 Å². The maximum atomic E-state index is 12.5. The van der Waals surface area contributed by atoms with Crippen molar-refractivity contribution in [1.29, 1.82) is 0 Å². The van der Waals surface area contributed by atoms with Gasteiger partial charge >= 0.3 is 0 Å². The molecule has 1 heterocycles. The first-order chi connectivity index (χ1) is 10.1. The van der Waals surface area contributed by atoms with Crippen molar-refractivity contribution in [2.75, 3.05) is 25.0 Å². The highest BCUT2D eigenvalue weighted by Crippen LogP contribution is 2.16. The Hall–Kier alpha value is -1.55. The van der Waals surface area contributed by atoms with Crippen molar-refractivity contribution in [1.82, 2.24) is 10.2 Å². The van der Waals surface area contributed by atoms with Gasteiger partial charge in [-0.15, -0.1) is 0 Å². The first-order valence-corrected chi connectivity index (χ1v) is 7.95. The second kappa shape index (κ2) is 7.46. The standard InChI is InChI=1S/C17H27N3O/c1-13(2)18-16-9-5-4-8-15(16)17(21)19-14(3)12-20-10-6-7-11-20/h4-5,8-9,13-14,18H,6-7,10-12H2,1-3H3,(H,19,21). The molecule has 2 N–H and O–H groups in total. The van der Waals surface area contributed by atoms with E-state index in [9.17, 15) is 4.79 Å². The number of amides is 1. The number of nitrogens with zero attached hydrogens (tertiary/aromatic N) is 1. The van der Waals surface area contributed by atoms with Crippen molar-refractivity contribution < 1.29 is 4.79 Å². The van der Waals surface area contributed by atoms with Gasteiger partial charge in [0.25, 0.3) is 5.91 Å². The van der Waals surface area contributed by atoms with Gasteiger partial charge in [-0.3, -0.25) is 4.79 Å². The van der Waals surface area contributed by atoms with Gasteiger partial charge in [-0.2, -0.15) is 0 Å². The molecule has 1 aromatic carbocycles. The highest BCUT2D eigenvalue weighted by atomic mass is 16.1. The molecule has 1 atom stereocenters. The van der Waals surface area contributed by atoms with Gasteiger partial charge in [0.15, 0.2) is 0 Å². The third-order valence-electron chi connectivity index (χ3n) is 3.72. The number of nitrogens with one attached hydrogen (secondary N) is 2. The van der Waals surface area contributed by atoms with Crippen molar-refractivity contribution in [3.05, 3.63) is 29.8 Å². The van der Waals surface area contributed by atoms with Crippen LogP contribution in [-0.2, 0) is 0 Å². The smallest absolute Gasteiger partial charge is 0.253 e. The SMILES string of the molecule is CC(C)Nc1ccccc1C(=O)NC(C)CN1CCCC1. The summed E-state index contributed by atoms with van der Waals surface area (Å²) in [4.78, 5) is 14.9. The summed E-state index contributed by atoms with van der Waals surface area (Å²) in [5, 5.41) is 6.45. The summed E-state index contributed by atoms with van der Waals surface area (Å²) in [5.41, 5.74) is 1.62. The van der Waals surface area contributed by atoms with E-state index < -0.39 is 0 Å². The van der Waals surface area contributed by atoms with E-state index in [0.717, 1.165) is 30.9 Å². The Morgan fingerprint density at radius 1 is 1.19 bits per heavy atom. The van der Waals surface area contributed by atoms with E-state index in [1.807, 2.05) is 24.3 Å². The molecule has 21 heavy (non-hydrogen) atoms. The quantitative estimate of drug-likeness (QED) is 0.846. The molecule has 0 saturated carbocycles. The van der Waals surface area contributed by atoms with Crippen LogP contribution in [0.4, 0.5) is 5.69 Å². The predicted octanol–water partition coefficient (Wildman–Crippen LogP) is 2.72. The van der Waals surface area contributed by atoms with Crippen LogP contribution >= 0.6 is 0 Å². The largest absolute Gasteiger partial charge is 0.382 e. The molecule has 1 aromatic rings. The molecule has 1 unspecified atom stereocenters. The van der Waals surface area contributed by atoms with E-state index in [2.05, 4.69) is 36.3 Å². The van der Waals surface area contributed by atoms with Gasteiger partial charge in [-0.25, -0.2) is 0 Å². The molecule has 116 valence electrons. The van der Waals surface area contributed by atoms with Gasteiger partial charge < -0.3 is 15.5 Å². The zero-order valence-corrected chi connectivity index (χ0v) is 13.4. The number of likely N-dealkylation sites (tertiary alicyclic amines) is 1. The van der Waals surface area contributed by atoms with Gasteiger partial charge in [0.1, 0.15) is 0 Å². The van der Waals surface area contributed by atoms with Gasteiger partial charge in [-0.05, 0) is 58.8 Å². The van der Waals surface area contributed by atoms with Crippen molar-refractivity contribution >= 4 is 11.6 Å². The van der Waals surface area contributed by atoms with Crippen molar-refractivity contribution in [2.45, 2.75) is 45.7 Å². The second-order valence-corrected chi connectivity index (χ2v) is 6.23. The van der Waals surface area contributed by atoms with Crippen LogP contribution in [0.1, 0.15) is 44.0 Å². The molecule has 0 spiro atoms. The number of carbonyl (C=O) groups excluding carboxylic acids is 1. The molecular formula is C17H27N3O. The third kappa shape index (κ3) is 4.74. The highest BCUT2D eigenvalue weighted by molar-refractivity contribution is 5.99. The number of para-hydroxylation sites is 1. The maximum absolute atomic E-state index is 12.5. The Balaban J connectivity index is 1.95. The van der Waals surface area contributed by atoms with Crippen LogP contribution in [0.5, 0.6) is 0 Å². The number of rotatable bonds is 6. The van der Waals surface area contributed by atoms with Crippen molar-refractivity contribution in [2.24, 2.45) is 0 Å². The molecule has 1 saturated heterocycles. The zero-order chi connectivity index (χ0) is 15.2. The monoisotopic (exact) mass is 289 g/mol. The van der Waals surface area contributed by atoms with Crippen LogP contribution in [0.25, 0.3) is 0 Å². The number of hydrogen-bond donors (Lipinski definition) is 2. The lowest BCUT2D eigenvalue weighted by atomic mass is 10.1. The lowest BCUT2D eigenvalue weighted by molar-refractivity contribution is 0.0932. The molecule has 2 rings (SSSR count). The minimum Gasteiger partial charge on any atom is -0.382 e. The molecule has 1 aliphatic heterocycles. The summed E-state index contributed by atoms with van der Waals surface area (Å²) in [6.45, 7) is 9.48. The normalized spacial score (nSPS) is 17.0. The number of anilines is 1. The zero-order valence-electron chi connectivity index (χ0n) is 13.4. The Labute approximate surface area is 127 Å². The molecule has 0 bridgehead atoms.